The first-order chi connectivity index (χ1) is 13.1. The van der Waals surface area contributed by atoms with Gasteiger partial charge in [0.15, 0.2) is 5.13 Å². The molecular weight excluding hydrogens is 362 g/mol. The summed E-state index contributed by atoms with van der Waals surface area (Å²) < 4.78 is 0. The van der Waals surface area contributed by atoms with Crippen molar-refractivity contribution in [1.82, 2.24) is 9.88 Å². The van der Waals surface area contributed by atoms with Crippen LogP contribution in [-0.4, -0.2) is 34.2 Å². The lowest BCUT2D eigenvalue weighted by molar-refractivity contribution is -0.116. The number of carbonyl (C=O) groups is 3. The summed E-state index contributed by atoms with van der Waals surface area (Å²) >= 11 is 1.48. The Balaban J connectivity index is 1.17. The zero-order valence-electron chi connectivity index (χ0n) is 14.9. The summed E-state index contributed by atoms with van der Waals surface area (Å²) in [5.74, 6) is 0.119. The Kier molecular flexibility index (Phi) is 5.03. The highest BCUT2D eigenvalue weighted by molar-refractivity contribution is 7.13. The number of hydrogen-bond acceptors (Lipinski definition) is 5. The predicted octanol–water partition coefficient (Wildman–Crippen LogP) is 3.82. The Morgan fingerprint density at radius 1 is 1.11 bits per heavy atom. The van der Waals surface area contributed by atoms with E-state index in [1.54, 1.807) is 24.3 Å². The number of imide groups is 1. The number of nitrogens with zero attached hydrogens (tertiary/aromatic N) is 2. The van der Waals surface area contributed by atoms with E-state index in [0.29, 0.717) is 41.6 Å². The molecule has 4 rings (SSSR count). The maximum Gasteiger partial charge on any atom is 0.261 e. The molecule has 0 bridgehead atoms. The zero-order valence-corrected chi connectivity index (χ0v) is 15.8. The molecule has 0 radical (unpaired) electrons. The summed E-state index contributed by atoms with van der Waals surface area (Å²) in [5, 5.41) is 5.55. The molecule has 1 aliphatic heterocycles. The van der Waals surface area contributed by atoms with Gasteiger partial charge >= 0.3 is 0 Å². The number of hydrogen-bond donors (Lipinski definition) is 1. The number of benzene rings is 1. The van der Waals surface area contributed by atoms with E-state index in [0.717, 1.165) is 18.5 Å². The molecular formula is C20H21N3O3S. The fraction of sp³-hybridized carbons (Fsp3) is 0.400. The van der Waals surface area contributed by atoms with Gasteiger partial charge in [0, 0.05) is 24.3 Å². The number of carbonyl (C=O) groups excluding carboxylic acids is 3. The van der Waals surface area contributed by atoms with Gasteiger partial charge in [0.05, 0.1) is 16.8 Å². The molecule has 0 atom stereocenters. The molecule has 2 heterocycles. The summed E-state index contributed by atoms with van der Waals surface area (Å²) in [7, 11) is 0. The van der Waals surface area contributed by atoms with Crippen LogP contribution < -0.4 is 5.32 Å². The van der Waals surface area contributed by atoms with Gasteiger partial charge in [-0.05, 0) is 37.8 Å². The van der Waals surface area contributed by atoms with Crippen molar-refractivity contribution in [3.63, 3.8) is 0 Å². The van der Waals surface area contributed by atoms with Crippen LogP contribution in [0.25, 0.3) is 0 Å². The largest absolute Gasteiger partial charge is 0.302 e. The highest BCUT2D eigenvalue weighted by Crippen LogP contribution is 2.40. The fourth-order valence-electron chi connectivity index (χ4n) is 3.27. The standard InChI is InChI=1S/C20H21N3O3S/c24-17(22-20-21-16(12-27-20)13-9-10-13)8-2-1-5-11-23-18(25)14-6-3-4-7-15(14)19(23)26/h3-4,6-7,12-13H,1-2,5,8-11H2,(H,21,22,24). The van der Waals surface area contributed by atoms with E-state index < -0.39 is 0 Å². The third kappa shape index (κ3) is 3.93. The van der Waals surface area contributed by atoms with Gasteiger partial charge in [0.25, 0.3) is 11.8 Å². The first-order valence-electron chi connectivity index (χ1n) is 9.34. The molecule has 1 aliphatic carbocycles. The minimum absolute atomic E-state index is 0.0348. The monoisotopic (exact) mass is 383 g/mol. The van der Waals surface area contributed by atoms with E-state index in [9.17, 15) is 14.4 Å². The smallest absolute Gasteiger partial charge is 0.261 e. The highest BCUT2D eigenvalue weighted by Gasteiger charge is 2.34. The molecule has 1 aromatic heterocycles. The van der Waals surface area contributed by atoms with Crippen molar-refractivity contribution >= 4 is 34.2 Å². The van der Waals surface area contributed by atoms with E-state index in [2.05, 4.69) is 10.3 Å². The van der Waals surface area contributed by atoms with Gasteiger partial charge in [-0.2, -0.15) is 0 Å². The summed E-state index contributed by atoms with van der Waals surface area (Å²) in [6, 6.07) is 6.91. The summed E-state index contributed by atoms with van der Waals surface area (Å²) in [5.41, 5.74) is 2.06. The molecule has 0 saturated heterocycles. The van der Waals surface area contributed by atoms with E-state index in [4.69, 9.17) is 0 Å². The average Bonchev–Trinajstić information content (AvgIpc) is 3.38. The van der Waals surface area contributed by atoms with Gasteiger partial charge in [0.1, 0.15) is 0 Å². The summed E-state index contributed by atoms with van der Waals surface area (Å²) in [4.78, 5) is 42.3. The van der Waals surface area contributed by atoms with Crippen molar-refractivity contribution in [3.05, 3.63) is 46.5 Å². The van der Waals surface area contributed by atoms with E-state index in [1.807, 2.05) is 5.38 Å². The van der Waals surface area contributed by atoms with Crippen molar-refractivity contribution < 1.29 is 14.4 Å². The van der Waals surface area contributed by atoms with E-state index in [-0.39, 0.29) is 17.7 Å². The van der Waals surface area contributed by atoms with Crippen LogP contribution in [-0.2, 0) is 4.79 Å². The maximum atomic E-state index is 12.3. The molecule has 1 saturated carbocycles. The average molecular weight is 383 g/mol. The zero-order chi connectivity index (χ0) is 18.8. The van der Waals surface area contributed by atoms with Gasteiger partial charge in [0.2, 0.25) is 5.91 Å². The Bertz CT molecular complexity index is 853. The lowest BCUT2D eigenvalue weighted by atomic mass is 10.1. The second kappa shape index (κ2) is 7.60. The van der Waals surface area contributed by atoms with Crippen LogP contribution in [0.15, 0.2) is 29.6 Å². The number of nitrogens with one attached hydrogen (secondary N) is 1. The van der Waals surface area contributed by atoms with Crippen LogP contribution in [0.4, 0.5) is 5.13 Å². The SMILES string of the molecule is O=C(CCCCCN1C(=O)c2ccccc2C1=O)Nc1nc(C2CC2)cs1. The molecule has 1 N–H and O–H groups in total. The second-order valence-corrected chi connectivity index (χ2v) is 7.88. The topological polar surface area (TPSA) is 79.4 Å². The second-order valence-electron chi connectivity index (χ2n) is 7.02. The first-order valence-corrected chi connectivity index (χ1v) is 10.2. The predicted molar refractivity (Wildman–Crippen MR) is 103 cm³/mol. The molecule has 1 aromatic carbocycles. The van der Waals surface area contributed by atoms with Crippen LogP contribution in [0.5, 0.6) is 0 Å². The number of amides is 3. The normalized spacial score (nSPS) is 15.9. The lowest BCUT2D eigenvalue weighted by Crippen LogP contribution is -2.30. The summed E-state index contributed by atoms with van der Waals surface area (Å²) in [6.45, 7) is 0.394. The minimum atomic E-state index is -0.219. The number of rotatable bonds is 8. The Morgan fingerprint density at radius 2 is 1.81 bits per heavy atom. The Labute approximate surface area is 161 Å². The molecule has 2 aliphatic rings. The number of thiazole rings is 1. The molecule has 6 nitrogen and oxygen atoms in total. The van der Waals surface area contributed by atoms with Gasteiger partial charge in [-0.25, -0.2) is 4.98 Å². The van der Waals surface area contributed by atoms with Gasteiger partial charge in [-0.15, -0.1) is 11.3 Å². The fourth-order valence-corrected chi connectivity index (χ4v) is 4.07. The number of fused-ring (bicyclic) bond motifs is 1. The lowest BCUT2D eigenvalue weighted by Gasteiger charge is -2.13. The van der Waals surface area contributed by atoms with Crippen molar-refractivity contribution in [3.8, 4) is 0 Å². The van der Waals surface area contributed by atoms with Crippen molar-refractivity contribution in [2.24, 2.45) is 0 Å². The molecule has 3 amide bonds. The molecule has 2 aromatic rings. The number of anilines is 1. The van der Waals surface area contributed by atoms with Crippen LogP contribution in [0, 0.1) is 0 Å². The first kappa shape index (κ1) is 17.9. The minimum Gasteiger partial charge on any atom is -0.302 e. The highest BCUT2D eigenvalue weighted by atomic mass is 32.1. The molecule has 0 unspecified atom stereocenters. The molecule has 1 fully saturated rings. The van der Waals surface area contributed by atoms with Crippen molar-refractivity contribution in [1.29, 1.82) is 0 Å². The van der Waals surface area contributed by atoms with Gasteiger partial charge in [-0.1, -0.05) is 18.6 Å². The molecule has 27 heavy (non-hydrogen) atoms. The van der Waals surface area contributed by atoms with Gasteiger partial charge in [-0.3, -0.25) is 19.3 Å². The van der Waals surface area contributed by atoms with Gasteiger partial charge < -0.3 is 5.32 Å². The molecule has 140 valence electrons. The Morgan fingerprint density at radius 3 is 2.48 bits per heavy atom. The van der Waals surface area contributed by atoms with E-state index in [1.165, 1.54) is 29.1 Å². The number of unbranched alkanes of at least 4 members (excludes halogenated alkanes) is 2. The number of aromatic nitrogens is 1. The maximum absolute atomic E-state index is 12.3. The van der Waals surface area contributed by atoms with Crippen molar-refractivity contribution in [2.45, 2.75) is 44.4 Å². The van der Waals surface area contributed by atoms with Crippen molar-refractivity contribution in [2.75, 3.05) is 11.9 Å². The Hall–Kier alpha value is -2.54. The third-order valence-corrected chi connectivity index (χ3v) is 5.70. The van der Waals surface area contributed by atoms with Crippen LogP contribution in [0.1, 0.15) is 70.9 Å². The molecule has 0 spiro atoms. The van der Waals surface area contributed by atoms with Crippen LogP contribution >= 0.6 is 11.3 Å². The molecule has 7 heteroatoms. The summed E-state index contributed by atoms with van der Waals surface area (Å²) in [6.07, 6.45) is 5.01. The quantitative estimate of drug-likeness (QED) is 0.555. The third-order valence-electron chi connectivity index (χ3n) is 4.93. The van der Waals surface area contributed by atoms with Crippen LogP contribution in [0.3, 0.4) is 0 Å². The van der Waals surface area contributed by atoms with Crippen LogP contribution in [0.2, 0.25) is 0 Å². The van der Waals surface area contributed by atoms with E-state index >= 15 is 0 Å².